The van der Waals surface area contributed by atoms with Crippen LogP contribution >= 0.6 is 0 Å². The maximum atomic E-state index is 11.6. The Bertz CT molecular complexity index is 457. The predicted molar refractivity (Wildman–Crippen MR) is 80.3 cm³/mol. The number of hydrogen-bond donors (Lipinski definition) is 2. The van der Waals surface area contributed by atoms with Crippen LogP contribution in [0.4, 0.5) is 0 Å². The maximum absolute atomic E-state index is 11.6. The number of rotatable bonds is 9. The first-order valence-electron chi connectivity index (χ1n) is 7.24. The van der Waals surface area contributed by atoms with Gasteiger partial charge in [-0.15, -0.1) is 0 Å². The minimum atomic E-state index is -1.09. The zero-order valence-electron chi connectivity index (χ0n) is 12.5. The standard InChI is InChI=1S/C16H23NO4/c1-3-17(4-2)11-10-13(15(18)19)14(16(20)21)12-8-6-5-7-9-12/h5-9,13-14H,3-4,10-11H2,1-2H3,(H,18,19)(H,20,21). The largest absolute Gasteiger partial charge is 0.481 e. The minimum absolute atomic E-state index is 0.322. The van der Waals surface area contributed by atoms with E-state index in [1.165, 1.54) is 0 Å². The summed E-state index contributed by atoms with van der Waals surface area (Å²) in [6, 6.07) is 8.59. The third-order valence-electron chi connectivity index (χ3n) is 3.80. The summed E-state index contributed by atoms with van der Waals surface area (Å²) < 4.78 is 0. The van der Waals surface area contributed by atoms with Gasteiger partial charge in [0.05, 0.1) is 11.8 Å². The lowest BCUT2D eigenvalue weighted by molar-refractivity contribution is -0.150. The van der Waals surface area contributed by atoms with E-state index >= 15 is 0 Å². The van der Waals surface area contributed by atoms with E-state index in [0.717, 1.165) is 13.1 Å². The fourth-order valence-electron chi connectivity index (χ4n) is 2.50. The summed E-state index contributed by atoms with van der Waals surface area (Å²) in [7, 11) is 0. The van der Waals surface area contributed by atoms with Crippen LogP contribution in [0.1, 0.15) is 31.7 Å². The van der Waals surface area contributed by atoms with Gasteiger partial charge >= 0.3 is 11.9 Å². The minimum Gasteiger partial charge on any atom is -0.481 e. The summed E-state index contributed by atoms with van der Waals surface area (Å²) in [5.41, 5.74) is 0.539. The van der Waals surface area contributed by atoms with Crippen LogP contribution in [0.5, 0.6) is 0 Å². The van der Waals surface area contributed by atoms with E-state index in [4.69, 9.17) is 0 Å². The lowest BCUT2D eigenvalue weighted by Gasteiger charge is -2.24. The Morgan fingerprint density at radius 1 is 1.05 bits per heavy atom. The Morgan fingerprint density at radius 2 is 1.62 bits per heavy atom. The first-order valence-corrected chi connectivity index (χ1v) is 7.24. The first kappa shape index (κ1) is 17.2. The third-order valence-corrected chi connectivity index (χ3v) is 3.80. The molecule has 0 fully saturated rings. The molecule has 5 nitrogen and oxygen atoms in total. The number of nitrogens with zero attached hydrogens (tertiary/aromatic N) is 1. The number of carbonyl (C=O) groups is 2. The van der Waals surface area contributed by atoms with Gasteiger partial charge in [-0.1, -0.05) is 44.2 Å². The summed E-state index contributed by atoms with van der Waals surface area (Å²) >= 11 is 0. The van der Waals surface area contributed by atoms with Crippen LogP contribution in [0, 0.1) is 5.92 Å². The van der Waals surface area contributed by atoms with Crippen molar-refractivity contribution in [3.05, 3.63) is 35.9 Å². The molecule has 116 valence electrons. The Labute approximate surface area is 125 Å². The predicted octanol–water partition coefficient (Wildman–Crippen LogP) is 2.29. The molecule has 5 heteroatoms. The van der Waals surface area contributed by atoms with Gasteiger partial charge in [-0.3, -0.25) is 9.59 Å². The van der Waals surface area contributed by atoms with E-state index in [2.05, 4.69) is 4.90 Å². The molecular formula is C16H23NO4. The quantitative estimate of drug-likeness (QED) is 0.730. The van der Waals surface area contributed by atoms with Crippen LogP contribution in [-0.2, 0) is 9.59 Å². The average molecular weight is 293 g/mol. The fraction of sp³-hybridized carbons (Fsp3) is 0.500. The molecule has 1 aromatic rings. The van der Waals surface area contributed by atoms with Gasteiger partial charge in [0.15, 0.2) is 0 Å². The number of benzene rings is 1. The van der Waals surface area contributed by atoms with E-state index in [9.17, 15) is 19.8 Å². The monoisotopic (exact) mass is 293 g/mol. The molecule has 1 aromatic carbocycles. The van der Waals surface area contributed by atoms with Gasteiger partial charge in [-0.25, -0.2) is 0 Å². The van der Waals surface area contributed by atoms with Crippen molar-refractivity contribution in [2.75, 3.05) is 19.6 Å². The molecule has 0 saturated heterocycles. The second-order valence-electron chi connectivity index (χ2n) is 4.99. The highest BCUT2D eigenvalue weighted by atomic mass is 16.4. The van der Waals surface area contributed by atoms with Gasteiger partial charge in [-0.2, -0.15) is 0 Å². The summed E-state index contributed by atoms with van der Waals surface area (Å²) in [5.74, 6) is -4.09. The Morgan fingerprint density at radius 3 is 2.05 bits per heavy atom. The second kappa shape index (κ2) is 8.42. The molecule has 1 rings (SSSR count). The molecule has 0 saturated carbocycles. The molecule has 0 amide bonds. The summed E-state index contributed by atoms with van der Waals surface area (Å²) in [4.78, 5) is 25.2. The second-order valence-corrected chi connectivity index (χ2v) is 4.99. The normalized spacial score (nSPS) is 13.9. The molecule has 0 radical (unpaired) electrons. The van der Waals surface area contributed by atoms with Crippen molar-refractivity contribution in [3.63, 3.8) is 0 Å². The van der Waals surface area contributed by atoms with E-state index in [1.807, 2.05) is 13.8 Å². The van der Waals surface area contributed by atoms with Crippen LogP contribution in [-0.4, -0.2) is 46.7 Å². The average Bonchev–Trinajstić information content (AvgIpc) is 2.47. The lowest BCUT2D eigenvalue weighted by atomic mass is 9.84. The maximum Gasteiger partial charge on any atom is 0.311 e. The molecular weight excluding hydrogens is 270 g/mol. The molecule has 2 N–H and O–H groups in total. The first-order chi connectivity index (χ1) is 10.0. The number of carboxylic acids is 2. The van der Waals surface area contributed by atoms with Crippen molar-refractivity contribution in [2.24, 2.45) is 5.92 Å². The van der Waals surface area contributed by atoms with Crippen molar-refractivity contribution >= 4 is 11.9 Å². The number of aliphatic carboxylic acids is 2. The van der Waals surface area contributed by atoms with E-state index in [0.29, 0.717) is 18.5 Å². The van der Waals surface area contributed by atoms with Gasteiger partial charge < -0.3 is 15.1 Å². The Balaban J connectivity index is 2.94. The van der Waals surface area contributed by atoms with E-state index in [-0.39, 0.29) is 0 Å². The topological polar surface area (TPSA) is 77.8 Å². The summed E-state index contributed by atoms with van der Waals surface area (Å²) in [6.07, 6.45) is 0.322. The van der Waals surface area contributed by atoms with E-state index < -0.39 is 23.8 Å². The zero-order chi connectivity index (χ0) is 15.8. The fourth-order valence-corrected chi connectivity index (χ4v) is 2.50. The number of carboxylic acid groups (broad SMARTS) is 2. The molecule has 0 aliphatic heterocycles. The molecule has 0 aromatic heterocycles. The molecule has 2 unspecified atom stereocenters. The molecule has 21 heavy (non-hydrogen) atoms. The highest BCUT2D eigenvalue weighted by molar-refractivity contribution is 5.84. The zero-order valence-corrected chi connectivity index (χ0v) is 12.5. The smallest absolute Gasteiger partial charge is 0.311 e. The Hall–Kier alpha value is -1.88. The molecule has 2 atom stereocenters. The van der Waals surface area contributed by atoms with Gasteiger partial charge in [0.1, 0.15) is 0 Å². The van der Waals surface area contributed by atoms with Crippen molar-refractivity contribution in [1.29, 1.82) is 0 Å². The highest BCUT2D eigenvalue weighted by Gasteiger charge is 2.34. The molecule has 0 spiro atoms. The van der Waals surface area contributed by atoms with Gasteiger partial charge in [0.25, 0.3) is 0 Å². The van der Waals surface area contributed by atoms with E-state index in [1.54, 1.807) is 30.3 Å². The van der Waals surface area contributed by atoms with Crippen molar-refractivity contribution in [1.82, 2.24) is 4.90 Å². The van der Waals surface area contributed by atoms with Crippen molar-refractivity contribution in [3.8, 4) is 0 Å². The SMILES string of the molecule is CCN(CC)CCC(C(=O)O)C(C(=O)O)c1ccccc1. The third kappa shape index (κ3) is 4.86. The van der Waals surface area contributed by atoms with Gasteiger partial charge in [0, 0.05) is 0 Å². The molecule has 0 aliphatic rings. The molecule has 0 bridgehead atoms. The Kier molecular flexibility index (Phi) is 6.88. The van der Waals surface area contributed by atoms with Crippen LogP contribution in [0.2, 0.25) is 0 Å². The molecule has 0 heterocycles. The van der Waals surface area contributed by atoms with Crippen LogP contribution < -0.4 is 0 Å². The number of hydrogen-bond acceptors (Lipinski definition) is 3. The van der Waals surface area contributed by atoms with Crippen molar-refractivity contribution in [2.45, 2.75) is 26.2 Å². The summed E-state index contributed by atoms with van der Waals surface area (Å²) in [5, 5.41) is 18.9. The lowest BCUT2D eigenvalue weighted by Crippen LogP contribution is -2.33. The molecule has 0 aliphatic carbocycles. The van der Waals surface area contributed by atoms with Crippen LogP contribution in [0.3, 0.4) is 0 Å². The van der Waals surface area contributed by atoms with Crippen LogP contribution in [0.15, 0.2) is 30.3 Å². The summed E-state index contributed by atoms with van der Waals surface area (Å²) in [6.45, 7) is 6.24. The van der Waals surface area contributed by atoms with Gasteiger partial charge in [-0.05, 0) is 31.6 Å². The van der Waals surface area contributed by atoms with Gasteiger partial charge in [0.2, 0.25) is 0 Å². The van der Waals surface area contributed by atoms with Crippen molar-refractivity contribution < 1.29 is 19.8 Å². The highest BCUT2D eigenvalue weighted by Crippen LogP contribution is 2.28. The van der Waals surface area contributed by atoms with Crippen LogP contribution in [0.25, 0.3) is 0 Å².